The lowest BCUT2D eigenvalue weighted by atomic mass is 9.97. The van der Waals surface area contributed by atoms with E-state index in [0.29, 0.717) is 5.56 Å². The fourth-order valence-electron chi connectivity index (χ4n) is 2.28. The third-order valence-electron chi connectivity index (χ3n) is 3.46. The first-order chi connectivity index (χ1) is 8.67. The first kappa shape index (κ1) is 13.4. The number of nitriles is 1. The average molecular weight is 308 g/mol. The van der Waals surface area contributed by atoms with Crippen LogP contribution in [0.15, 0.2) is 22.7 Å². The summed E-state index contributed by atoms with van der Waals surface area (Å²) in [5.41, 5.74) is 1.72. The van der Waals surface area contributed by atoms with Crippen molar-refractivity contribution in [1.29, 1.82) is 5.26 Å². The van der Waals surface area contributed by atoms with Crippen LogP contribution in [-0.2, 0) is 0 Å². The molecule has 96 valence electrons. The molecule has 0 bridgehead atoms. The zero-order chi connectivity index (χ0) is 13.0. The van der Waals surface area contributed by atoms with Crippen molar-refractivity contribution in [2.24, 2.45) is 5.92 Å². The highest BCUT2D eigenvalue weighted by atomic mass is 79.9. The minimum absolute atomic E-state index is 0.690. The molecule has 0 aliphatic carbocycles. The summed E-state index contributed by atoms with van der Waals surface area (Å²) in [6, 6.07) is 7.94. The average Bonchev–Trinajstić information content (AvgIpc) is 2.37. The molecule has 4 heteroatoms. The maximum atomic E-state index is 8.93. The summed E-state index contributed by atoms with van der Waals surface area (Å²) in [7, 11) is 2.18. The van der Waals surface area contributed by atoms with Crippen molar-refractivity contribution in [3.8, 4) is 6.07 Å². The van der Waals surface area contributed by atoms with E-state index in [-0.39, 0.29) is 0 Å². The molecule has 1 heterocycles. The lowest BCUT2D eigenvalue weighted by Gasteiger charge is -2.29. The summed E-state index contributed by atoms with van der Waals surface area (Å²) in [6.07, 6.45) is 2.51. The van der Waals surface area contributed by atoms with Crippen molar-refractivity contribution in [1.82, 2.24) is 4.90 Å². The van der Waals surface area contributed by atoms with E-state index in [4.69, 9.17) is 5.26 Å². The third kappa shape index (κ3) is 3.72. The molecule has 0 spiro atoms. The molecule has 1 aliphatic heterocycles. The molecule has 0 saturated carbocycles. The van der Waals surface area contributed by atoms with Crippen LogP contribution in [0.1, 0.15) is 18.4 Å². The monoisotopic (exact) mass is 307 g/mol. The van der Waals surface area contributed by atoms with E-state index in [1.54, 1.807) is 0 Å². The Balaban J connectivity index is 1.90. The molecule has 18 heavy (non-hydrogen) atoms. The number of hydrogen-bond donors (Lipinski definition) is 1. The number of benzene rings is 1. The van der Waals surface area contributed by atoms with Crippen molar-refractivity contribution in [2.75, 3.05) is 32.0 Å². The summed E-state index contributed by atoms with van der Waals surface area (Å²) in [5, 5.41) is 12.4. The van der Waals surface area contributed by atoms with E-state index in [1.165, 1.54) is 25.9 Å². The second-order valence-electron chi connectivity index (χ2n) is 4.97. The van der Waals surface area contributed by atoms with Crippen LogP contribution in [0, 0.1) is 17.2 Å². The SMILES string of the molecule is CN1CCC(CNc2cc(Br)cc(C#N)c2)CC1. The van der Waals surface area contributed by atoms with E-state index < -0.39 is 0 Å². The number of halogens is 1. The highest BCUT2D eigenvalue weighted by molar-refractivity contribution is 9.10. The van der Waals surface area contributed by atoms with Gasteiger partial charge in [-0.2, -0.15) is 5.26 Å². The van der Waals surface area contributed by atoms with Crippen molar-refractivity contribution in [3.63, 3.8) is 0 Å². The third-order valence-corrected chi connectivity index (χ3v) is 3.92. The van der Waals surface area contributed by atoms with Crippen molar-refractivity contribution in [3.05, 3.63) is 28.2 Å². The maximum absolute atomic E-state index is 8.93. The minimum atomic E-state index is 0.690. The van der Waals surface area contributed by atoms with E-state index in [1.807, 2.05) is 18.2 Å². The van der Waals surface area contributed by atoms with Crippen LogP contribution < -0.4 is 5.32 Å². The minimum Gasteiger partial charge on any atom is -0.385 e. The van der Waals surface area contributed by atoms with Crippen LogP contribution >= 0.6 is 15.9 Å². The van der Waals surface area contributed by atoms with Crippen molar-refractivity contribution < 1.29 is 0 Å². The molecule has 0 unspecified atom stereocenters. The second kappa shape index (κ2) is 6.21. The lowest BCUT2D eigenvalue weighted by Crippen LogP contribution is -2.32. The maximum Gasteiger partial charge on any atom is 0.0992 e. The number of piperidine rings is 1. The van der Waals surface area contributed by atoms with E-state index in [2.05, 4.69) is 39.3 Å². The summed E-state index contributed by atoms with van der Waals surface area (Å²) in [4.78, 5) is 2.38. The molecule has 1 saturated heterocycles. The fraction of sp³-hybridized carbons (Fsp3) is 0.500. The summed E-state index contributed by atoms with van der Waals surface area (Å²) < 4.78 is 0.951. The Morgan fingerprint density at radius 3 is 2.78 bits per heavy atom. The summed E-state index contributed by atoms with van der Waals surface area (Å²) in [5.74, 6) is 0.741. The van der Waals surface area contributed by atoms with Gasteiger partial charge in [0.15, 0.2) is 0 Å². The molecular weight excluding hydrogens is 290 g/mol. The number of rotatable bonds is 3. The Bertz CT molecular complexity index is 445. The standard InChI is InChI=1S/C14H18BrN3/c1-18-4-2-11(3-5-18)10-17-14-7-12(9-16)6-13(15)8-14/h6-8,11,17H,2-5,10H2,1H3. The predicted octanol–water partition coefficient (Wildman–Crippen LogP) is 3.07. The van der Waals surface area contributed by atoms with Gasteiger partial charge in [-0.15, -0.1) is 0 Å². The van der Waals surface area contributed by atoms with Gasteiger partial charge in [0.25, 0.3) is 0 Å². The van der Waals surface area contributed by atoms with Gasteiger partial charge in [0.05, 0.1) is 11.6 Å². The van der Waals surface area contributed by atoms with E-state index >= 15 is 0 Å². The molecule has 0 atom stereocenters. The van der Waals surface area contributed by atoms with Crippen LogP contribution in [-0.4, -0.2) is 31.6 Å². The molecule has 2 rings (SSSR count). The Labute approximate surface area is 117 Å². The Morgan fingerprint density at radius 1 is 1.39 bits per heavy atom. The fourth-order valence-corrected chi connectivity index (χ4v) is 2.78. The zero-order valence-electron chi connectivity index (χ0n) is 10.6. The van der Waals surface area contributed by atoms with Gasteiger partial charge in [0.1, 0.15) is 0 Å². The molecule has 0 radical (unpaired) electrons. The number of hydrogen-bond acceptors (Lipinski definition) is 3. The van der Waals surface area contributed by atoms with Gasteiger partial charge in [-0.05, 0) is 57.1 Å². The molecule has 1 aromatic carbocycles. The smallest absolute Gasteiger partial charge is 0.0992 e. The van der Waals surface area contributed by atoms with Crippen molar-refractivity contribution >= 4 is 21.6 Å². The van der Waals surface area contributed by atoms with Crippen LogP contribution in [0.25, 0.3) is 0 Å². The largest absolute Gasteiger partial charge is 0.385 e. The van der Waals surface area contributed by atoms with Crippen LogP contribution in [0.4, 0.5) is 5.69 Å². The molecule has 1 aromatic rings. The van der Waals surface area contributed by atoms with Gasteiger partial charge < -0.3 is 10.2 Å². The topological polar surface area (TPSA) is 39.1 Å². The summed E-state index contributed by atoms with van der Waals surface area (Å²) >= 11 is 3.43. The molecule has 3 nitrogen and oxygen atoms in total. The highest BCUT2D eigenvalue weighted by Crippen LogP contribution is 2.21. The number of nitrogens with zero attached hydrogens (tertiary/aromatic N) is 2. The molecule has 1 fully saturated rings. The Morgan fingerprint density at radius 2 is 2.11 bits per heavy atom. The molecule has 0 aromatic heterocycles. The van der Waals surface area contributed by atoms with Gasteiger partial charge >= 0.3 is 0 Å². The predicted molar refractivity (Wildman–Crippen MR) is 77.6 cm³/mol. The lowest BCUT2D eigenvalue weighted by molar-refractivity contribution is 0.226. The number of nitrogens with one attached hydrogen (secondary N) is 1. The highest BCUT2D eigenvalue weighted by Gasteiger charge is 2.16. The van der Waals surface area contributed by atoms with Gasteiger partial charge in [-0.1, -0.05) is 15.9 Å². The van der Waals surface area contributed by atoms with Crippen LogP contribution in [0.3, 0.4) is 0 Å². The Kier molecular flexibility index (Phi) is 4.62. The molecule has 0 amide bonds. The first-order valence-corrected chi connectivity index (χ1v) is 7.10. The van der Waals surface area contributed by atoms with Crippen LogP contribution in [0.5, 0.6) is 0 Å². The summed E-state index contributed by atoms with van der Waals surface area (Å²) in [6.45, 7) is 3.37. The Hall–Kier alpha value is -1.05. The molecular formula is C14H18BrN3. The molecule has 1 N–H and O–H groups in total. The molecule has 1 aliphatic rings. The van der Waals surface area contributed by atoms with E-state index in [0.717, 1.165) is 22.6 Å². The van der Waals surface area contributed by atoms with Crippen LogP contribution in [0.2, 0.25) is 0 Å². The normalized spacial score (nSPS) is 17.4. The van der Waals surface area contributed by atoms with E-state index in [9.17, 15) is 0 Å². The van der Waals surface area contributed by atoms with Gasteiger partial charge in [0, 0.05) is 16.7 Å². The quantitative estimate of drug-likeness (QED) is 0.933. The second-order valence-corrected chi connectivity index (χ2v) is 5.88. The first-order valence-electron chi connectivity index (χ1n) is 6.30. The number of anilines is 1. The number of likely N-dealkylation sites (tertiary alicyclic amines) is 1. The van der Waals surface area contributed by atoms with Crippen molar-refractivity contribution in [2.45, 2.75) is 12.8 Å². The zero-order valence-corrected chi connectivity index (χ0v) is 12.2. The van der Waals surface area contributed by atoms with Gasteiger partial charge in [0.2, 0.25) is 0 Å². The van der Waals surface area contributed by atoms with Gasteiger partial charge in [-0.25, -0.2) is 0 Å². The van der Waals surface area contributed by atoms with Gasteiger partial charge in [-0.3, -0.25) is 0 Å².